The van der Waals surface area contributed by atoms with E-state index >= 15 is 0 Å². The van der Waals surface area contributed by atoms with Gasteiger partial charge in [0.25, 0.3) is 5.91 Å². The molecule has 1 saturated carbocycles. The number of hydrogen-bond donors (Lipinski definition) is 2. The maximum Gasteiger partial charge on any atom is 0.272 e. The largest absolute Gasteiger partial charge is 0.352 e. The van der Waals surface area contributed by atoms with Gasteiger partial charge in [-0.2, -0.15) is 5.10 Å². The van der Waals surface area contributed by atoms with Gasteiger partial charge in [0.05, 0.1) is 0 Å². The first-order valence-corrected chi connectivity index (χ1v) is 8.73. The smallest absolute Gasteiger partial charge is 0.272 e. The number of aromatic nitrogens is 2. The van der Waals surface area contributed by atoms with Crippen molar-refractivity contribution < 1.29 is 9.59 Å². The van der Waals surface area contributed by atoms with Crippen molar-refractivity contribution in [3.05, 3.63) is 53.9 Å². The van der Waals surface area contributed by atoms with Crippen LogP contribution < -0.4 is 10.6 Å². The number of amides is 2. The molecule has 1 aliphatic carbocycles. The third-order valence-corrected chi connectivity index (χ3v) is 4.20. The highest BCUT2D eigenvalue weighted by atomic mass is 16.2. The van der Waals surface area contributed by atoms with Gasteiger partial charge in [0.1, 0.15) is 11.7 Å². The Morgan fingerprint density at radius 3 is 2.52 bits per heavy atom. The summed E-state index contributed by atoms with van der Waals surface area (Å²) in [5.41, 5.74) is 1.33. The molecule has 1 atom stereocenters. The summed E-state index contributed by atoms with van der Waals surface area (Å²) in [6, 6.07) is 11.2. The molecule has 1 heterocycles. The fourth-order valence-corrected chi connectivity index (χ4v) is 2.57. The molecule has 0 unspecified atom stereocenters. The zero-order valence-electron chi connectivity index (χ0n) is 14.6. The van der Waals surface area contributed by atoms with Crippen LogP contribution >= 0.6 is 0 Å². The highest BCUT2D eigenvalue weighted by molar-refractivity contribution is 5.96. The molecule has 0 radical (unpaired) electrons. The summed E-state index contributed by atoms with van der Waals surface area (Å²) in [4.78, 5) is 25.0. The van der Waals surface area contributed by atoms with E-state index in [0.717, 1.165) is 18.4 Å². The van der Waals surface area contributed by atoms with Crippen molar-refractivity contribution in [3.63, 3.8) is 0 Å². The van der Waals surface area contributed by atoms with Gasteiger partial charge in [0.15, 0.2) is 0 Å². The van der Waals surface area contributed by atoms with E-state index in [2.05, 4.69) is 15.7 Å². The molecule has 1 aromatic carbocycles. The molecule has 0 aliphatic heterocycles. The maximum absolute atomic E-state index is 12.5. The minimum absolute atomic E-state index is 0.136. The molecule has 25 heavy (non-hydrogen) atoms. The molecule has 2 N–H and O–H groups in total. The second-order valence-corrected chi connectivity index (χ2v) is 6.77. The third-order valence-electron chi connectivity index (χ3n) is 4.20. The molecular weight excluding hydrogens is 316 g/mol. The first-order valence-electron chi connectivity index (χ1n) is 8.73. The lowest BCUT2D eigenvalue weighted by atomic mass is 10.0. The summed E-state index contributed by atoms with van der Waals surface area (Å²) >= 11 is 0. The highest BCUT2D eigenvalue weighted by Crippen LogP contribution is 2.19. The summed E-state index contributed by atoms with van der Waals surface area (Å²) in [7, 11) is 0. The van der Waals surface area contributed by atoms with Crippen LogP contribution in [0.2, 0.25) is 0 Å². The Hall–Kier alpha value is -2.63. The van der Waals surface area contributed by atoms with Gasteiger partial charge in [-0.15, -0.1) is 0 Å². The summed E-state index contributed by atoms with van der Waals surface area (Å²) in [5.74, 6) is -0.464. The molecular formula is C19H24N4O2. The molecule has 132 valence electrons. The predicted molar refractivity (Wildman–Crippen MR) is 95.2 cm³/mol. The molecule has 1 aromatic heterocycles. The van der Waals surface area contributed by atoms with Crippen molar-refractivity contribution in [1.82, 2.24) is 20.4 Å². The molecule has 2 amide bonds. The normalized spacial score (nSPS) is 15.0. The van der Waals surface area contributed by atoms with Gasteiger partial charge in [-0.3, -0.25) is 14.3 Å². The lowest BCUT2D eigenvalue weighted by Gasteiger charge is -2.18. The van der Waals surface area contributed by atoms with Crippen molar-refractivity contribution in [2.24, 2.45) is 0 Å². The molecule has 6 heteroatoms. The SMILES string of the molecule is CC(C)n1ccc(C(=O)N[C@@H](Cc2ccccc2)C(=O)NC2CC2)n1. The number of hydrogen-bond acceptors (Lipinski definition) is 3. The summed E-state index contributed by atoms with van der Waals surface area (Å²) in [5, 5.41) is 10.1. The van der Waals surface area contributed by atoms with E-state index < -0.39 is 6.04 Å². The van der Waals surface area contributed by atoms with E-state index in [4.69, 9.17) is 0 Å². The molecule has 1 aliphatic rings. The number of rotatable bonds is 7. The monoisotopic (exact) mass is 340 g/mol. The lowest BCUT2D eigenvalue weighted by molar-refractivity contribution is -0.123. The van der Waals surface area contributed by atoms with Crippen molar-refractivity contribution >= 4 is 11.8 Å². The van der Waals surface area contributed by atoms with Crippen molar-refractivity contribution in [2.75, 3.05) is 0 Å². The molecule has 0 bridgehead atoms. The van der Waals surface area contributed by atoms with Crippen molar-refractivity contribution in [1.29, 1.82) is 0 Å². The van der Waals surface area contributed by atoms with Crippen LogP contribution in [-0.2, 0) is 11.2 Å². The molecule has 0 spiro atoms. The Bertz CT molecular complexity index is 735. The summed E-state index contributed by atoms with van der Waals surface area (Å²) in [6.07, 6.45) is 4.25. The van der Waals surface area contributed by atoms with Gasteiger partial charge in [0, 0.05) is 24.7 Å². The fourth-order valence-electron chi connectivity index (χ4n) is 2.57. The van der Waals surface area contributed by atoms with Gasteiger partial charge in [0.2, 0.25) is 5.91 Å². The Morgan fingerprint density at radius 2 is 1.92 bits per heavy atom. The molecule has 0 saturated heterocycles. The van der Waals surface area contributed by atoms with Crippen LogP contribution in [0.1, 0.15) is 48.8 Å². The van der Waals surface area contributed by atoms with Crippen LogP contribution in [0.25, 0.3) is 0 Å². The highest BCUT2D eigenvalue weighted by Gasteiger charge is 2.29. The average molecular weight is 340 g/mol. The second-order valence-electron chi connectivity index (χ2n) is 6.77. The van der Waals surface area contributed by atoms with Gasteiger partial charge < -0.3 is 10.6 Å². The van der Waals surface area contributed by atoms with Crippen LogP contribution in [0.15, 0.2) is 42.6 Å². The van der Waals surface area contributed by atoms with Crippen molar-refractivity contribution in [3.8, 4) is 0 Å². The van der Waals surface area contributed by atoms with E-state index in [1.165, 1.54) is 0 Å². The lowest BCUT2D eigenvalue weighted by Crippen LogP contribution is -2.48. The Balaban J connectivity index is 1.70. The Kier molecular flexibility index (Phi) is 5.16. The van der Waals surface area contributed by atoms with E-state index in [-0.39, 0.29) is 23.9 Å². The Morgan fingerprint density at radius 1 is 1.20 bits per heavy atom. The molecule has 1 fully saturated rings. The van der Waals surface area contributed by atoms with Gasteiger partial charge in [-0.1, -0.05) is 30.3 Å². The number of benzene rings is 1. The van der Waals surface area contributed by atoms with Crippen LogP contribution in [-0.4, -0.2) is 33.7 Å². The fraction of sp³-hybridized carbons (Fsp3) is 0.421. The maximum atomic E-state index is 12.5. The number of nitrogens with zero attached hydrogens (tertiary/aromatic N) is 2. The van der Waals surface area contributed by atoms with Gasteiger partial charge in [-0.05, 0) is 38.3 Å². The van der Waals surface area contributed by atoms with Gasteiger partial charge >= 0.3 is 0 Å². The average Bonchev–Trinajstić information content (AvgIpc) is 3.26. The predicted octanol–water partition coefficient (Wildman–Crippen LogP) is 2.08. The van der Waals surface area contributed by atoms with Crippen LogP contribution in [0.4, 0.5) is 0 Å². The van der Waals surface area contributed by atoms with E-state index in [1.54, 1.807) is 16.9 Å². The standard InChI is InChI=1S/C19H24N4O2/c1-13(2)23-11-10-16(22-23)18(24)21-17(19(25)20-15-8-9-15)12-14-6-4-3-5-7-14/h3-7,10-11,13,15,17H,8-9,12H2,1-2H3,(H,20,25)(H,21,24)/t17-/m0/s1. The first-order chi connectivity index (χ1) is 12.0. The van der Waals surface area contributed by atoms with E-state index in [1.807, 2.05) is 44.2 Å². The number of carbonyl (C=O) groups excluding carboxylic acids is 2. The van der Waals surface area contributed by atoms with E-state index in [0.29, 0.717) is 12.1 Å². The molecule has 2 aromatic rings. The molecule has 6 nitrogen and oxygen atoms in total. The zero-order valence-corrected chi connectivity index (χ0v) is 14.6. The van der Waals surface area contributed by atoms with Crippen LogP contribution in [0, 0.1) is 0 Å². The first kappa shape index (κ1) is 17.2. The summed E-state index contributed by atoms with van der Waals surface area (Å²) in [6.45, 7) is 3.99. The zero-order chi connectivity index (χ0) is 17.8. The third kappa shape index (κ3) is 4.68. The minimum Gasteiger partial charge on any atom is -0.352 e. The van der Waals surface area contributed by atoms with E-state index in [9.17, 15) is 9.59 Å². The number of nitrogens with one attached hydrogen (secondary N) is 2. The Labute approximate surface area is 147 Å². The quantitative estimate of drug-likeness (QED) is 0.810. The molecule has 3 rings (SSSR count). The minimum atomic E-state index is -0.611. The van der Waals surface area contributed by atoms with Gasteiger partial charge in [-0.25, -0.2) is 0 Å². The van der Waals surface area contributed by atoms with Crippen LogP contribution in [0.3, 0.4) is 0 Å². The second kappa shape index (κ2) is 7.51. The summed E-state index contributed by atoms with van der Waals surface area (Å²) < 4.78 is 1.73. The van der Waals surface area contributed by atoms with Crippen molar-refractivity contribution in [2.45, 2.75) is 51.2 Å². The van der Waals surface area contributed by atoms with Crippen LogP contribution in [0.5, 0.6) is 0 Å². The number of carbonyl (C=O) groups is 2. The topological polar surface area (TPSA) is 76.0 Å².